The fourth-order valence-electron chi connectivity index (χ4n) is 0.862. The molecule has 1 fully saturated rings. The summed E-state index contributed by atoms with van der Waals surface area (Å²) in [7, 11) is 0. The van der Waals surface area contributed by atoms with Crippen molar-refractivity contribution in [3.63, 3.8) is 0 Å². The smallest absolute Gasteiger partial charge is 0.323 e. The Morgan fingerprint density at radius 1 is 1.89 bits per heavy atom. The average Bonchev–Trinajstić information content (AvgIpc) is 2.10. The first kappa shape index (κ1) is 6.09. The van der Waals surface area contributed by atoms with Gasteiger partial charge in [-0.05, 0) is 6.92 Å². The van der Waals surface area contributed by atoms with Gasteiger partial charge in [0, 0.05) is 6.42 Å². The third-order valence-electron chi connectivity index (χ3n) is 1.33. The third kappa shape index (κ3) is 1.02. The lowest BCUT2D eigenvalue weighted by molar-refractivity contribution is -0.142. The Morgan fingerprint density at radius 2 is 2.56 bits per heavy atom. The highest BCUT2D eigenvalue weighted by molar-refractivity contribution is 5.77. The average molecular weight is 125 g/mol. The lowest BCUT2D eigenvalue weighted by atomic mass is 10.1. The predicted molar refractivity (Wildman–Crippen MR) is 29.3 cm³/mol. The van der Waals surface area contributed by atoms with Crippen LogP contribution in [-0.2, 0) is 9.53 Å². The van der Waals surface area contributed by atoms with Crippen LogP contribution in [0.2, 0.25) is 0 Å². The van der Waals surface area contributed by atoms with Crippen LogP contribution in [0.5, 0.6) is 0 Å². The summed E-state index contributed by atoms with van der Waals surface area (Å²) in [5.41, 5.74) is 0. The molecule has 0 spiro atoms. The number of nitrogens with zero attached hydrogens (tertiary/aromatic N) is 1. The normalized spacial score (nSPS) is 33.6. The van der Waals surface area contributed by atoms with Crippen LogP contribution in [0.4, 0.5) is 0 Å². The minimum absolute atomic E-state index is 0.0675. The fourth-order valence-corrected chi connectivity index (χ4v) is 0.862. The van der Waals surface area contributed by atoms with Crippen LogP contribution < -0.4 is 0 Å². The molecule has 0 unspecified atom stereocenters. The number of hydrogen-bond donors (Lipinski definition) is 0. The zero-order chi connectivity index (χ0) is 6.85. The number of ether oxygens (including phenoxy) is 1. The van der Waals surface area contributed by atoms with Gasteiger partial charge >= 0.3 is 5.97 Å². The minimum atomic E-state index is -0.514. The van der Waals surface area contributed by atoms with Crippen molar-refractivity contribution >= 4 is 5.97 Å². The van der Waals surface area contributed by atoms with Crippen molar-refractivity contribution in [3.05, 3.63) is 0 Å². The van der Waals surface area contributed by atoms with Crippen molar-refractivity contribution < 1.29 is 9.53 Å². The van der Waals surface area contributed by atoms with E-state index in [9.17, 15) is 4.79 Å². The Morgan fingerprint density at radius 3 is 2.78 bits per heavy atom. The van der Waals surface area contributed by atoms with Gasteiger partial charge in [-0.25, -0.2) is 0 Å². The summed E-state index contributed by atoms with van der Waals surface area (Å²) in [6.07, 6.45) is 0.483. The summed E-state index contributed by atoms with van der Waals surface area (Å²) in [6, 6.07) is 1.87. The molecule has 0 aliphatic carbocycles. The molecule has 1 saturated heterocycles. The predicted octanol–water partition coefficient (Wildman–Crippen LogP) is 0.462. The van der Waals surface area contributed by atoms with Gasteiger partial charge in [0.25, 0.3) is 0 Å². The maximum Gasteiger partial charge on any atom is 0.323 e. The lowest BCUT2D eigenvalue weighted by Gasteiger charge is -1.95. The van der Waals surface area contributed by atoms with Crippen molar-refractivity contribution in [2.75, 3.05) is 0 Å². The first-order valence-electron chi connectivity index (χ1n) is 2.84. The zero-order valence-electron chi connectivity index (χ0n) is 5.13. The molecule has 0 radical (unpaired) electrons. The maximum absolute atomic E-state index is 10.6. The third-order valence-corrected chi connectivity index (χ3v) is 1.33. The molecule has 0 aromatic carbocycles. The van der Waals surface area contributed by atoms with Crippen molar-refractivity contribution in [2.45, 2.75) is 19.4 Å². The van der Waals surface area contributed by atoms with Gasteiger partial charge in [0.1, 0.15) is 12.0 Å². The van der Waals surface area contributed by atoms with E-state index in [1.54, 1.807) is 6.92 Å². The van der Waals surface area contributed by atoms with Gasteiger partial charge in [0.2, 0.25) is 0 Å². The van der Waals surface area contributed by atoms with Crippen LogP contribution in [0.15, 0.2) is 0 Å². The summed E-state index contributed by atoms with van der Waals surface area (Å²) < 4.78 is 4.70. The van der Waals surface area contributed by atoms with Crippen LogP contribution in [0.3, 0.4) is 0 Å². The molecule has 9 heavy (non-hydrogen) atoms. The molecule has 0 saturated carbocycles. The fraction of sp³-hybridized carbons (Fsp3) is 0.667. The molecule has 3 nitrogen and oxygen atoms in total. The van der Waals surface area contributed by atoms with Gasteiger partial charge in [0.15, 0.2) is 0 Å². The molecular formula is C6H7NO2. The zero-order valence-corrected chi connectivity index (χ0v) is 5.13. The number of carbonyl (C=O) groups is 1. The van der Waals surface area contributed by atoms with Crippen LogP contribution in [0, 0.1) is 17.2 Å². The minimum Gasteiger partial charge on any atom is -0.462 e. The maximum atomic E-state index is 10.6. The van der Waals surface area contributed by atoms with Crippen LogP contribution >= 0.6 is 0 Å². The molecule has 0 amide bonds. The highest BCUT2D eigenvalue weighted by Gasteiger charge is 2.31. The van der Waals surface area contributed by atoms with Gasteiger partial charge in [-0.2, -0.15) is 5.26 Å². The lowest BCUT2D eigenvalue weighted by Crippen LogP contribution is -2.03. The van der Waals surface area contributed by atoms with Crippen LogP contribution in [-0.4, -0.2) is 12.1 Å². The van der Waals surface area contributed by atoms with Gasteiger partial charge in [0.05, 0.1) is 6.07 Å². The van der Waals surface area contributed by atoms with E-state index in [1.807, 2.05) is 6.07 Å². The topological polar surface area (TPSA) is 50.1 Å². The number of cyclic esters (lactones) is 1. The van der Waals surface area contributed by atoms with Gasteiger partial charge in [-0.3, -0.25) is 4.79 Å². The second-order valence-electron chi connectivity index (χ2n) is 2.16. The molecular weight excluding hydrogens is 118 g/mol. The molecule has 1 heterocycles. The Balaban J connectivity index is 2.61. The van der Waals surface area contributed by atoms with E-state index in [2.05, 4.69) is 0 Å². The second kappa shape index (κ2) is 2.06. The Labute approximate surface area is 53.2 Å². The van der Waals surface area contributed by atoms with E-state index in [1.165, 1.54) is 0 Å². The van der Waals surface area contributed by atoms with E-state index >= 15 is 0 Å². The van der Waals surface area contributed by atoms with E-state index in [0.29, 0.717) is 6.42 Å². The number of hydrogen-bond acceptors (Lipinski definition) is 3. The van der Waals surface area contributed by atoms with E-state index < -0.39 is 5.92 Å². The molecule has 1 aliphatic heterocycles. The molecule has 0 N–H and O–H groups in total. The van der Waals surface area contributed by atoms with Crippen molar-refractivity contribution in [1.29, 1.82) is 5.26 Å². The van der Waals surface area contributed by atoms with Crippen molar-refractivity contribution in [2.24, 2.45) is 5.92 Å². The summed E-state index contributed by atoms with van der Waals surface area (Å²) in [5.74, 6) is -0.884. The monoisotopic (exact) mass is 125 g/mol. The standard InChI is InChI=1S/C6H7NO2/c1-4-2-5(3-7)6(8)9-4/h4-5H,2H2,1H3/t4-,5+/m0/s1. The number of rotatable bonds is 0. The Kier molecular flexibility index (Phi) is 1.39. The molecule has 2 atom stereocenters. The second-order valence-corrected chi connectivity index (χ2v) is 2.16. The highest BCUT2D eigenvalue weighted by Crippen LogP contribution is 2.19. The Hall–Kier alpha value is -1.04. The molecule has 3 heteroatoms. The van der Waals surface area contributed by atoms with Crippen LogP contribution in [0.25, 0.3) is 0 Å². The summed E-state index contributed by atoms with van der Waals surface area (Å²) >= 11 is 0. The largest absolute Gasteiger partial charge is 0.462 e. The van der Waals surface area contributed by atoms with Crippen LogP contribution in [0.1, 0.15) is 13.3 Å². The Bertz CT molecular complexity index is 170. The molecule has 48 valence electrons. The quantitative estimate of drug-likeness (QED) is 0.442. The van der Waals surface area contributed by atoms with Gasteiger partial charge in [-0.15, -0.1) is 0 Å². The molecule has 0 bridgehead atoms. The highest BCUT2D eigenvalue weighted by atomic mass is 16.5. The molecule has 0 aromatic heterocycles. The van der Waals surface area contributed by atoms with E-state index in [0.717, 1.165) is 0 Å². The SMILES string of the molecule is C[C@H]1C[C@H](C#N)C(=O)O1. The van der Waals surface area contributed by atoms with Crippen molar-refractivity contribution in [1.82, 2.24) is 0 Å². The first-order chi connectivity index (χ1) is 4.24. The number of nitriles is 1. The van der Waals surface area contributed by atoms with Crippen molar-refractivity contribution in [3.8, 4) is 6.07 Å². The van der Waals surface area contributed by atoms with Gasteiger partial charge in [-0.1, -0.05) is 0 Å². The number of carbonyl (C=O) groups excluding carboxylic acids is 1. The molecule has 1 aliphatic rings. The van der Waals surface area contributed by atoms with E-state index in [4.69, 9.17) is 10.00 Å². The summed E-state index contributed by atoms with van der Waals surface area (Å²) in [6.45, 7) is 1.79. The van der Waals surface area contributed by atoms with E-state index in [-0.39, 0.29) is 12.1 Å². The first-order valence-corrected chi connectivity index (χ1v) is 2.84. The summed E-state index contributed by atoms with van der Waals surface area (Å²) in [5, 5.41) is 8.30. The van der Waals surface area contributed by atoms with Gasteiger partial charge < -0.3 is 4.74 Å². The molecule has 1 rings (SSSR count). The molecule has 0 aromatic rings. The summed E-state index contributed by atoms with van der Waals surface area (Å²) in [4.78, 5) is 10.6. The number of esters is 1.